The van der Waals surface area contributed by atoms with Gasteiger partial charge in [-0.15, -0.1) is 0 Å². The van der Waals surface area contributed by atoms with E-state index in [1.54, 1.807) is 18.6 Å². The number of carbonyl (C=O) groups excluding carboxylic acids is 1. The van der Waals surface area contributed by atoms with Crippen molar-refractivity contribution in [3.05, 3.63) is 59.3 Å². The average Bonchev–Trinajstić information content (AvgIpc) is 3.12. The second kappa shape index (κ2) is 6.50. The molecule has 0 saturated carbocycles. The summed E-state index contributed by atoms with van der Waals surface area (Å²) in [5.41, 5.74) is 4.29. The van der Waals surface area contributed by atoms with Crippen molar-refractivity contribution >= 4 is 33.7 Å². The molecule has 0 spiro atoms. The van der Waals surface area contributed by atoms with E-state index >= 15 is 0 Å². The maximum Gasteiger partial charge on any atom is 0.181 e. The molecule has 4 aromatic heterocycles. The number of aromatic nitrogens is 4. The van der Waals surface area contributed by atoms with E-state index in [9.17, 15) is 4.79 Å². The van der Waals surface area contributed by atoms with Gasteiger partial charge in [-0.3, -0.25) is 9.78 Å². The minimum Gasteiger partial charge on any atom is -0.292 e. The number of nitrogens with zero attached hydrogens (tertiary/aromatic N) is 4. The third-order valence-electron chi connectivity index (χ3n) is 4.49. The molecule has 4 heterocycles. The second-order valence-corrected chi connectivity index (χ2v) is 6.70. The highest BCUT2D eigenvalue weighted by molar-refractivity contribution is 6.30. The standard InChI is InChI=1S/C20H17ClN4O/c1-3-4-19(26)16-7-12(2)15(11-22-16)18-8-13-10-23-20(21)9-14(13)17-5-6-24-25(17)18/h5-11H,3-4H2,1-2H3. The van der Waals surface area contributed by atoms with Crippen molar-refractivity contribution in [3.8, 4) is 11.3 Å². The monoisotopic (exact) mass is 364 g/mol. The van der Waals surface area contributed by atoms with Crippen molar-refractivity contribution in [2.45, 2.75) is 26.7 Å². The Morgan fingerprint density at radius 3 is 2.81 bits per heavy atom. The molecule has 4 aromatic rings. The number of Topliss-reactive ketones (excluding diaryl/α,β-unsaturated/α-hetero) is 1. The van der Waals surface area contributed by atoms with Crippen LogP contribution in [0.5, 0.6) is 0 Å². The molecule has 0 radical (unpaired) electrons. The van der Waals surface area contributed by atoms with Gasteiger partial charge in [-0.05, 0) is 43.2 Å². The Bertz CT molecular complexity index is 1150. The van der Waals surface area contributed by atoms with Gasteiger partial charge in [0.2, 0.25) is 0 Å². The Morgan fingerprint density at radius 2 is 2.04 bits per heavy atom. The van der Waals surface area contributed by atoms with Crippen molar-refractivity contribution in [2.75, 3.05) is 0 Å². The van der Waals surface area contributed by atoms with Gasteiger partial charge in [0, 0.05) is 35.2 Å². The van der Waals surface area contributed by atoms with Gasteiger partial charge in [0.25, 0.3) is 0 Å². The molecule has 0 N–H and O–H groups in total. The highest BCUT2D eigenvalue weighted by atomic mass is 35.5. The summed E-state index contributed by atoms with van der Waals surface area (Å²) in [4.78, 5) is 20.7. The number of hydrogen-bond donors (Lipinski definition) is 0. The van der Waals surface area contributed by atoms with E-state index in [4.69, 9.17) is 11.6 Å². The van der Waals surface area contributed by atoms with E-state index in [-0.39, 0.29) is 5.78 Å². The summed E-state index contributed by atoms with van der Waals surface area (Å²) >= 11 is 6.06. The van der Waals surface area contributed by atoms with Crippen LogP contribution in [0.1, 0.15) is 35.8 Å². The largest absolute Gasteiger partial charge is 0.292 e. The van der Waals surface area contributed by atoms with Crippen LogP contribution < -0.4 is 0 Å². The molecule has 0 aliphatic heterocycles. The first-order chi connectivity index (χ1) is 12.6. The van der Waals surface area contributed by atoms with Crippen LogP contribution >= 0.6 is 11.6 Å². The van der Waals surface area contributed by atoms with E-state index in [1.165, 1.54) is 0 Å². The molecule has 0 atom stereocenters. The molecule has 0 aliphatic rings. The Labute approximate surface area is 155 Å². The molecule has 0 aromatic carbocycles. The molecule has 26 heavy (non-hydrogen) atoms. The molecule has 0 saturated heterocycles. The fourth-order valence-corrected chi connectivity index (χ4v) is 3.37. The molecule has 0 bridgehead atoms. The van der Waals surface area contributed by atoms with Crippen LogP contribution in [0.4, 0.5) is 0 Å². The third kappa shape index (κ3) is 2.74. The van der Waals surface area contributed by atoms with E-state index in [1.807, 2.05) is 42.6 Å². The van der Waals surface area contributed by atoms with Crippen molar-refractivity contribution in [2.24, 2.45) is 0 Å². The Hall–Kier alpha value is -2.79. The number of rotatable bonds is 4. The van der Waals surface area contributed by atoms with Gasteiger partial charge < -0.3 is 0 Å². The Kier molecular flexibility index (Phi) is 4.17. The van der Waals surface area contributed by atoms with Gasteiger partial charge in [-0.25, -0.2) is 9.50 Å². The lowest BCUT2D eigenvalue weighted by Gasteiger charge is -2.12. The van der Waals surface area contributed by atoms with Crippen molar-refractivity contribution in [1.29, 1.82) is 0 Å². The number of halogens is 1. The first-order valence-corrected chi connectivity index (χ1v) is 8.88. The van der Waals surface area contributed by atoms with Crippen LogP contribution in [-0.2, 0) is 0 Å². The summed E-state index contributed by atoms with van der Waals surface area (Å²) in [5.74, 6) is 0.0729. The van der Waals surface area contributed by atoms with Crippen LogP contribution in [0.25, 0.3) is 27.5 Å². The average molecular weight is 365 g/mol. The quantitative estimate of drug-likeness (QED) is 0.382. The smallest absolute Gasteiger partial charge is 0.181 e. The molecular formula is C20H17ClN4O. The first-order valence-electron chi connectivity index (χ1n) is 8.50. The lowest BCUT2D eigenvalue weighted by atomic mass is 10.0. The first kappa shape index (κ1) is 16.7. The van der Waals surface area contributed by atoms with E-state index < -0.39 is 0 Å². The highest BCUT2D eigenvalue weighted by Gasteiger charge is 2.14. The second-order valence-electron chi connectivity index (χ2n) is 6.31. The fraction of sp³-hybridized carbons (Fsp3) is 0.200. The molecule has 5 nitrogen and oxygen atoms in total. The summed E-state index contributed by atoms with van der Waals surface area (Å²) in [6, 6.07) is 7.67. The zero-order valence-corrected chi connectivity index (χ0v) is 15.3. The van der Waals surface area contributed by atoms with E-state index in [2.05, 4.69) is 15.1 Å². The summed E-state index contributed by atoms with van der Waals surface area (Å²) in [5, 5.41) is 6.88. The molecule has 130 valence electrons. The number of hydrogen-bond acceptors (Lipinski definition) is 4. The summed E-state index contributed by atoms with van der Waals surface area (Å²) < 4.78 is 1.87. The van der Waals surface area contributed by atoms with E-state index in [0.29, 0.717) is 17.3 Å². The summed E-state index contributed by atoms with van der Waals surface area (Å²) in [6.45, 7) is 3.97. The molecule has 6 heteroatoms. The number of carbonyl (C=O) groups is 1. The Balaban J connectivity index is 1.92. The van der Waals surface area contributed by atoms with Gasteiger partial charge in [0.05, 0.1) is 17.4 Å². The van der Waals surface area contributed by atoms with Crippen molar-refractivity contribution in [1.82, 2.24) is 19.6 Å². The fourth-order valence-electron chi connectivity index (χ4n) is 3.21. The lowest BCUT2D eigenvalue weighted by Crippen LogP contribution is -2.04. The molecule has 0 fully saturated rings. The number of ketones is 1. The van der Waals surface area contributed by atoms with Gasteiger partial charge in [0.1, 0.15) is 10.8 Å². The summed E-state index contributed by atoms with van der Waals surface area (Å²) in [7, 11) is 0. The zero-order chi connectivity index (χ0) is 18.3. The summed E-state index contributed by atoms with van der Waals surface area (Å²) in [6.07, 6.45) is 6.60. The van der Waals surface area contributed by atoms with Crippen LogP contribution in [0.15, 0.2) is 42.9 Å². The van der Waals surface area contributed by atoms with Crippen LogP contribution in [0.3, 0.4) is 0 Å². The van der Waals surface area contributed by atoms with Gasteiger partial charge in [0.15, 0.2) is 5.78 Å². The predicted octanol–water partition coefficient (Wildman–Crippen LogP) is 4.89. The minimum atomic E-state index is 0.0729. The van der Waals surface area contributed by atoms with Gasteiger partial charge >= 0.3 is 0 Å². The normalized spacial score (nSPS) is 11.3. The molecule has 0 amide bonds. The predicted molar refractivity (Wildman–Crippen MR) is 103 cm³/mol. The Morgan fingerprint density at radius 1 is 1.19 bits per heavy atom. The molecular weight excluding hydrogens is 348 g/mol. The topological polar surface area (TPSA) is 60.2 Å². The maximum absolute atomic E-state index is 12.1. The van der Waals surface area contributed by atoms with Gasteiger partial charge in [-0.1, -0.05) is 18.5 Å². The number of aryl methyl sites for hydroxylation is 1. The molecule has 0 unspecified atom stereocenters. The minimum absolute atomic E-state index is 0.0729. The maximum atomic E-state index is 12.1. The van der Waals surface area contributed by atoms with Crippen molar-refractivity contribution in [3.63, 3.8) is 0 Å². The molecule has 4 rings (SSSR count). The number of pyridine rings is 3. The SMILES string of the molecule is CCCC(=O)c1cc(C)c(-c2cc3cnc(Cl)cc3c3ccnn23)cn1. The number of fused-ring (bicyclic) bond motifs is 3. The van der Waals surface area contributed by atoms with E-state index in [0.717, 1.165) is 39.5 Å². The zero-order valence-electron chi connectivity index (χ0n) is 14.5. The van der Waals surface area contributed by atoms with Crippen molar-refractivity contribution < 1.29 is 4.79 Å². The van der Waals surface area contributed by atoms with Crippen LogP contribution in [-0.4, -0.2) is 25.4 Å². The highest BCUT2D eigenvalue weighted by Crippen LogP contribution is 2.30. The van der Waals surface area contributed by atoms with Crippen LogP contribution in [0, 0.1) is 6.92 Å². The third-order valence-corrected chi connectivity index (χ3v) is 4.70. The lowest BCUT2D eigenvalue weighted by molar-refractivity contribution is 0.0977. The van der Waals surface area contributed by atoms with Crippen LogP contribution in [0.2, 0.25) is 5.15 Å². The molecule has 0 aliphatic carbocycles. The van der Waals surface area contributed by atoms with Gasteiger partial charge in [-0.2, -0.15) is 5.10 Å².